The van der Waals surface area contributed by atoms with Gasteiger partial charge in [-0.1, -0.05) is 15.9 Å². The normalized spacial score (nSPS) is 11.8. The quantitative estimate of drug-likeness (QED) is 0.673. The number of halogens is 5. The summed E-state index contributed by atoms with van der Waals surface area (Å²) < 4.78 is 40.0. The molecule has 18 heavy (non-hydrogen) atoms. The zero-order valence-electron chi connectivity index (χ0n) is 8.50. The third-order valence-electron chi connectivity index (χ3n) is 1.90. The Bertz CT molecular complexity index is 555. The number of alkyl halides is 3. The van der Waals surface area contributed by atoms with E-state index in [4.69, 9.17) is 0 Å². The summed E-state index contributed by atoms with van der Waals surface area (Å²) in [6.07, 6.45) is 2.85. The van der Waals surface area contributed by atoms with Crippen LogP contribution in [0.15, 0.2) is 38.4 Å². The van der Waals surface area contributed by atoms with Gasteiger partial charge in [0.1, 0.15) is 0 Å². The molecule has 95 valence electrons. The predicted molar refractivity (Wildman–Crippen MR) is 69.7 cm³/mol. The Morgan fingerprint density at radius 2 is 2.00 bits per heavy atom. The Hall–Kier alpha value is -0.470. The average molecular weight is 401 g/mol. The van der Waals surface area contributed by atoms with Crippen LogP contribution in [0.2, 0.25) is 0 Å². The summed E-state index contributed by atoms with van der Waals surface area (Å²) in [5.41, 5.74) is -4.02. The molecule has 0 unspecified atom stereocenters. The lowest BCUT2D eigenvalue weighted by atomic mass is 10.3. The molecule has 1 radical (unpaired) electrons. The molecule has 0 fully saturated rings. The summed E-state index contributed by atoms with van der Waals surface area (Å²) in [5, 5.41) is 3.90. The maximum atomic E-state index is 12.5. The molecule has 0 amide bonds. The van der Waals surface area contributed by atoms with E-state index in [0.717, 1.165) is 0 Å². The Labute approximate surface area is 122 Å². The average Bonchev–Trinajstić information content (AvgIpc) is 2.66. The molecular formula is C10H4Br2F3N2S. The fourth-order valence-corrected chi connectivity index (χ4v) is 3.75. The first-order valence-electron chi connectivity index (χ1n) is 4.53. The fourth-order valence-electron chi connectivity index (χ4n) is 1.32. The minimum Gasteiger partial charge on any atom is -0.238 e. The number of rotatable bonds is 2. The number of hydrogen-bond donors (Lipinski definition) is 0. The van der Waals surface area contributed by atoms with Gasteiger partial charge in [0.05, 0.1) is 11.9 Å². The predicted octanol–water partition coefficient (Wildman–Crippen LogP) is 4.81. The molecule has 0 bridgehead atoms. The van der Waals surface area contributed by atoms with Crippen LogP contribution in [0.3, 0.4) is 0 Å². The van der Waals surface area contributed by atoms with Crippen LogP contribution in [-0.4, -0.2) is 15.3 Å². The first kappa shape index (κ1) is 14.0. The molecular weight excluding hydrogens is 397 g/mol. The van der Waals surface area contributed by atoms with Gasteiger partial charge in [-0.25, -0.2) is 4.68 Å². The number of benzene rings is 1. The smallest absolute Gasteiger partial charge is 0.238 e. The second kappa shape index (κ2) is 5.26. The second-order valence-corrected chi connectivity index (χ2v) is 6.04. The Morgan fingerprint density at radius 3 is 2.56 bits per heavy atom. The highest BCUT2D eigenvalue weighted by Gasteiger charge is 2.31. The van der Waals surface area contributed by atoms with Crippen molar-refractivity contribution < 1.29 is 13.2 Å². The fraction of sp³-hybridized carbons (Fsp3) is 0.100. The van der Waals surface area contributed by atoms with Crippen molar-refractivity contribution in [2.45, 2.75) is 10.4 Å². The van der Waals surface area contributed by atoms with E-state index in [1.54, 1.807) is 6.07 Å². The molecule has 1 aromatic heterocycles. The standard InChI is InChI=1S/C10H4Br2F3N2S/c11-6-4-7(12)9(17-3-1-2-16-17)8(5-6)18-10(13,14)15/h2-5H. The number of nitrogens with zero attached hydrogens (tertiary/aromatic N) is 2. The summed E-state index contributed by atoms with van der Waals surface area (Å²) >= 11 is 6.23. The first-order valence-corrected chi connectivity index (χ1v) is 6.93. The van der Waals surface area contributed by atoms with Gasteiger partial charge in [-0.05, 0) is 39.8 Å². The van der Waals surface area contributed by atoms with Crippen molar-refractivity contribution in [3.8, 4) is 5.69 Å². The van der Waals surface area contributed by atoms with Crippen molar-refractivity contribution in [1.82, 2.24) is 9.78 Å². The van der Waals surface area contributed by atoms with Crippen LogP contribution in [0.5, 0.6) is 0 Å². The van der Waals surface area contributed by atoms with E-state index >= 15 is 0 Å². The van der Waals surface area contributed by atoms with Crippen LogP contribution >= 0.6 is 43.6 Å². The molecule has 0 spiro atoms. The molecule has 0 saturated heterocycles. The van der Waals surface area contributed by atoms with Crippen molar-refractivity contribution in [3.05, 3.63) is 39.5 Å². The first-order chi connectivity index (χ1) is 8.37. The lowest BCUT2D eigenvalue weighted by Crippen LogP contribution is -2.04. The largest absolute Gasteiger partial charge is 0.446 e. The zero-order chi connectivity index (χ0) is 13.3. The third-order valence-corrected chi connectivity index (χ3v) is 3.73. The van der Waals surface area contributed by atoms with E-state index in [9.17, 15) is 13.2 Å². The molecule has 1 heterocycles. The van der Waals surface area contributed by atoms with E-state index in [0.29, 0.717) is 14.6 Å². The van der Waals surface area contributed by atoms with Gasteiger partial charge < -0.3 is 0 Å². The Balaban J connectivity index is 2.56. The maximum absolute atomic E-state index is 12.5. The third kappa shape index (κ3) is 3.30. The monoisotopic (exact) mass is 399 g/mol. The topological polar surface area (TPSA) is 17.8 Å². The maximum Gasteiger partial charge on any atom is 0.446 e. The van der Waals surface area contributed by atoms with E-state index < -0.39 is 5.51 Å². The van der Waals surface area contributed by atoms with E-state index in [1.807, 2.05) is 0 Å². The number of thioether (sulfide) groups is 1. The molecule has 2 rings (SSSR count). The molecule has 0 aliphatic rings. The number of aromatic nitrogens is 2. The summed E-state index contributed by atoms with van der Waals surface area (Å²) in [5.74, 6) is 0. The van der Waals surface area contributed by atoms with Gasteiger partial charge in [0, 0.05) is 26.1 Å². The van der Waals surface area contributed by atoms with Crippen molar-refractivity contribution in [2.75, 3.05) is 0 Å². The van der Waals surface area contributed by atoms with Crippen LogP contribution in [0.25, 0.3) is 5.69 Å². The van der Waals surface area contributed by atoms with Gasteiger partial charge in [-0.2, -0.15) is 18.3 Å². The van der Waals surface area contributed by atoms with Gasteiger partial charge in [0.2, 0.25) is 0 Å². The molecule has 0 aliphatic heterocycles. The summed E-state index contributed by atoms with van der Waals surface area (Å²) in [6, 6.07) is 5.76. The number of hydrogen-bond acceptors (Lipinski definition) is 2. The van der Waals surface area contributed by atoms with E-state index in [-0.39, 0.29) is 16.7 Å². The van der Waals surface area contributed by atoms with Gasteiger partial charge in [0.25, 0.3) is 0 Å². The molecule has 0 atom stereocenters. The molecule has 0 N–H and O–H groups in total. The summed E-state index contributed by atoms with van der Waals surface area (Å²) in [7, 11) is 0. The van der Waals surface area contributed by atoms with Crippen molar-refractivity contribution in [1.29, 1.82) is 0 Å². The van der Waals surface area contributed by atoms with Crippen LogP contribution in [0.1, 0.15) is 0 Å². The molecule has 2 nitrogen and oxygen atoms in total. The lowest BCUT2D eigenvalue weighted by Gasteiger charge is -2.13. The van der Waals surface area contributed by atoms with Crippen LogP contribution < -0.4 is 0 Å². The minimum atomic E-state index is -4.36. The van der Waals surface area contributed by atoms with Crippen molar-refractivity contribution >= 4 is 43.6 Å². The molecule has 1 aromatic carbocycles. The van der Waals surface area contributed by atoms with Crippen molar-refractivity contribution in [3.63, 3.8) is 0 Å². The van der Waals surface area contributed by atoms with Gasteiger partial charge in [-0.3, -0.25) is 0 Å². The lowest BCUT2D eigenvalue weighted by molar-refractivity contribution is -0.0328. The Kier molecular flexibility index (Phi) is 4.08. The SMILES string of the molecule is FC(F)(F)Sc1cc(Br)cc(Br)c1-n1c[c]cn1. The second-order valence-electron chi connectivity index (χ2n) is 3.17. The zero-order valence-corrected chi connectivity index (χ0v) is 12.5. The summed E-state index contributed by atoms with van der Waals surface area (Å²) in [4.78, 5) is 0.0563. The van der Waals surface area contributed by atoms with Crippen LogP contribution in [-0.2, 0) is 0 Å². The highest BCUT2D eigenvalue weighted by molar-refractivity contribution is 9.11. The van der Waals surface area contributed by atoms with Crippen LogP contribution in [0.4, 0.5) is 13.2 Å². The molecule has 0 aliphatic carbocycles. The van der Waals surface area contributed by atoms with Crippen molar-refractivity contribution in [2.24, 2.45) is 0 Å². The molecule has 2 aromatic rings. The Morgan fingerprint density at radius 1 is 1.28 bits per heavy atom. The van der Waals surface area contributed by atoms with Gasteiger partial charge >= 0.3 is 5.51 Å². The van der Waals surface area contributed by atoms with E-state index in [2.05, 4.69) is 43.0 Å². The van der Waals surface area contributed by atoms with Gasteiger partial charge in [-0.15, -0.1) is 0 Å². The van der Waals surface area contributed by atoms with Gasteiger partial charge in [0.15, 0.2) is 0 Å². The minimum absolute atomic E-state index is 0.0563. The summed E-state index contributed by atoms with van der Waals surface area (Å²) in [6.45, 7) is 0. The highest BCUT2D eigenvalue weighted by atomic mass is 79.9. The molecule has 8 heteroatoms. The molecule has 0 saturated carbocycles. The van der Waals surface area contributed by atoms with Crippen LogP contribution in [0, 0.1) is 6.07 Å². The highest BCUT2D eigenvalue weighted by Crippen LogP contribution is 2.43. The van der Waals surface area contributed by atoms with E-state index in [1.165, 1.54) is 23.1 Å².